The number of carbonyl (C=O) groups excluding carboxylic acids is 1. The standard InChI is InChI=1S/C16H29NO/c1-3-5-13-8-9-16(18)15(10-13)12-17(2)11-14-6-4-7-14/h13-15H,3-12H2,1-2H3. The van der Waals surface area contributed by atoms with Crippen LogP contribution in [0.5, 0.6) is 0 Å². The summed E-state index contributed by atoms with van der Waals surface area (Å²) < 4.78 is 0. The van der Waals surface area contributed by atoms with Crippen LogP contribution in [0, 0.1) is 17.8 Å². The smallest absolute Gasteiger partial charge is 0.137 e. The fourth-order valence-corrected chi connectivity index (χ4v) is 3.62. The fraction of sp³-hybridized carbons (Fsp3) is 0.938. The Morgan fingerprint density at radius 3 is 2.56 bits per heavy atom. The monoisotopic (exact) mass is 251 g/mol. The highest BCUT2D eigenvalue weighted by molar-refractivity contribution is 5.81. The lowest BCUT2D eigenvalue weighted by Crippen LogP contribution is -2.38. The van der Waals surface area contributed by atoms with Gasteiger partial charge < -0.3 is 4.90 Å². The molecule has 0 aromatic heterocycles. The number of rotatable bonds is 6. The predicted octanol–water partition coefficient (Wildman–Crippen LogP) is 3.50. The third kappa shape index (κ3) is 3.81. The fourth-order valence-electron chi connectivity index (χ4n) is 3.62. The number of ketones is 1. The molecule has 2 nitrogen and oxygen atoms in total. The Morgan fingerprint density at radius 2 is 1.94 bits per heavy atom. The molecule has 0 spiro atoms. The molecule has 2 saturated carbocycles. The minimum absolute atomic E-state index is 0.334. The topological polar surface area (TPSA) is 20.3 Å². The van der Waals surface area contributed by atoms with Crippen molar-refractivity contribution < 1.29 is 4.79 Å². The van der Waals surface area contributed by atoms with Crippen LogP contribution < -0.4 is 0 Å². The number of Topliss-reactive ketones (excluding diaryl/α,β-unsaturated/α-hetero) is 1. The maximum absolute atomic E-state index is 12.0. The molecule has 2 aliphatic carbocycles. The second kappa shape index (κ2) is 6.70. The van der Waals surface area contributed by atoms with Crippen LogP contribution in [0.25, 0.3) is 0 Å². The van der Waals surface area contributed by atoms with Gasteiger partial charge in [-0.3, -0.25) is 4.79 Å². The van der Waals surface area contributed by atoms with Gasteiger partial charge in [0.2, 0.25) is 0 Å². The Kier molecular flexibility index (Phi) is 5.23. The van der Waals surface area contributed by atoms with Crippen LogP contribution in [0.4, 0.5) is 0 Å². The van der Waals surface area contributed by atoms with Gasteiger partial charge in [-0.2, -0.15) is 0 Å². The van der Waals surface area contributed by atoms with E-state index in [2.05, 4.69) is 18.9 Å². The van der Waals surface area contributed by atoms with Crippen molar-refractivity contribution in [3.05, 3.63) is 0 Å². The Morgan fingerprint density at radius 1 is 1.17 bits per heavy atom. The van der Waals surface area contributed by atoms with Crippen molar-refractivity contribution in [2.24, 2.45) is 17.8 Å². The van der Waals surface area contributed by atoms with Gasteiger partial charge in [0.1, 0.15) is 5.78 Å². The first-order valence-electron chi connectivity index (χ1n) is 7.90. The second-order valence-electron chi connectivity index (χ2n) is 6.61. The summed E-state index contributed by atoms with van der Waals surface area (Å²) in [5.74, 6) is 2.60. The van der Waals surface area contributed by atoms with E-state index in [4.69, 9.17) is 0 Å². The zero-order chi connectivity index (χ0) is 13.0. The summed E-state index contributed by atoms with van der Waals surface area (Å²) in [5, 5.41) is 0. The molecule has 2 rings (SSSR count). The zero-order valence-corrected chi connectivity index (χ0v) is 12.2. The molecular formula is C16H29NO. The average Bonchev–Trinajstić information content (AvgIpc) is 2.29. The van der Waals surface area contributed by atoms with Crippen LogP contribution in [0.15, 0.2) is 0 Å². The molecule has 0 heterocycles. The van der Waals surface area contributed by atoms with Gasteiger partial charge in [0, 0.05) is 25.4 Å². The SMILES string of the molecule is CCCC1CCC(=O)C(CN(C)CC2CCC2)C1. The van der Waals surface area contributed by atoms with Crippen LogP contribution in [0.3, 0.4) is 0 Å². The number of hydrogen-bond donors (Lipinski definition) is 0. The Bertz CT molecular complexity index is 272. The molecule has 0 aromatic carbocycles. The molecule has 0 aromatic rings. The molecule has 0 amide bonds. The molecule has 18 heavy (non-hydrogen) atoms. The van der Waals surface area contributed by atoms with E-state index < -0.39 is 0 Å². The molecule has 0 N–H and O–H groups in total. The quantitative estimate of drug-likeness (QED) is 0.720. The highest BCUT2D eigenvalue weighted by atomic mass is 16.1. The van der Waals surface area contributed by atoms with Crippen molar-refractivity contribution in [2.75, 3.05) is 20.1 Å². The largest absolute Gasteiger partial charge is 0.305 e. The zero-order valence-electron chi connectivity index (χ0n) is 12.2. The van der Waals surface area contributed by atoms with E-state index in [1.54, 1.807) is 0 Å². The van der Waals surface area contributed by atoms with Gasteiger partial charge in [-0.1, -0.05) is 26.2 Å². The predicted molar refractivity (Wildman–Crippen MR) is 75.6 cm³/mol. The lowest BCUT2D eigenvalue weighted by Gasteiger charge is -2.34. The van der Waals surface area contributed by atoms with Crippen molar-refractivity contribution in [2.45, 2.75) is 58.3 Å². The highest BCUT2D eigenvalue weighted by Gasteiger charge is 2.29. The normalized spacial score (nSPS) is 29.6. The van der Waals surface area contributed by atoms with E-state index in [0.29, 0.717) is 11.7 Å². The first kappa shape index (κ1) is 14.0. The van der Waals surface area contributed by atoms with Crippen molar-refractivity contribution >= 4 is 5.78 Å². The van der Waals surface area contributed by atoms with Crippen LogP contribution in [0.2, 0.25) is 0 Å². The van der Waals surface area contributed by atoms with E-state index >= 15 is 0 Å². The molecule has 0 bridgehead atoms. The van der Waals surface area contributed by atoms with Gasteiger partial charge in [0.25, 0.3) is 0 Å². The van der Waals surface area contributed by atoms with E-state index in [1.807, 2.05) is 0 Å². The molecule has 0 aliphatic heterocycles. The minimum atomic E-state index is 0.334. The third-order valence-electron chi connectivity index (χ3n) is 4.90. The number of hydrogen-bond acceptors (Lipinski definition) is 2. The van der Waals surface area contributed by atoms with Gasteiger partial charge >= 0.3 is 0 Å². The van der Waals surface area contributed by atoms with E-state index in [9.17, 15) is 4.79 Å². The average molecular weight is 251 g/mol. The van der Waals surface area contributed by atoms with Gasteiger partial charge in [0.15, 0.2) is 0 Å². The molecule has 0 radical (unpaired) electrons. The van der Waals surface area contributed by atoms with E-state index in [-0.39, 0.29) is 0 Å². The summed E-state index contributed by atoms with van der Waals surface area (Å²) in [5.41, 5.74) is 0. The summed E-state index contributed by atoms with van der Waals surface area (Å²) in [4.78, 5) is 14.4. The molecule has 2 fully saturated rings. The molecule has 2 atom stereocenters. The minimum Gasteiger partial charge on any atom is -0.305 e. The maximum atomic E-state index is 12.0. The number of nitrogens with zero attached hydrogens (tertiary/aromatic N) is 1. The maximum Gasteiger partial charge on any atom is 0.137 e. The number of carbonyl (C=O) groups is 1. The van der Waals surface area contributed by atoms with Crippen LogP contribution in [0.1, 0.15) is 58.3 Å². The van der Waals surface area contributed by atoms with Crippen molar-refractivity contribution in [1.29, 1.82) is 0 Å². The lowest BCUT2D eigenvalue weighted by molar-refractivity contribution is -0.126. The van der Waals surface area contributed by atoms with Crippen LogP contribution >= 0.6 is 0 Å². The molecule has 0 saturated heterocycles. The summed E-state index contributed by atoms with van der Waals surface area (Å²) in [6.45, 7) is 4.48. The Labute approximate surface area is 112 Å². The van der Waals surface area contributed by atoms with E-state index in [1.165, 1.54) is 38.6 Å². The van der Waals surface area contributed by atoms with Gasteiger partial charge in [-0.25, -0.2) is 0 Å². The molecule has 104 valence electrons. The lowest BCUT2D eigenvalue weighted by atomic mass is 9.78. The summed E-state index contributed by atoms with van der Waals surface area (Å²) in [6, 6.07) is 0. The Hall–Kier alpha value is -0.370. The van der Waals surface area contributed by atoms with E-state index in [0.717, 1.165) is 37.6 Å². The first-order chi connectivity index (χ1) is 8.69. The van der Waals surface area contributed by atoms with Gasteiger partial charge in [-0.15, -0.1) is 0 Å². The summed E-state index contributed by atoms with van der Waals surface area (Å²) in [7, 11) is 2.20. The third-order valence-corrected chi connectivity index (χ3v) is 4.90. The van der Waals surface area contributed by atoms with Gasteiger partial charge in [-0.05, 0) is 44.6 Å². The summed E-state index contributed by atoms with van der Waals surface area (Å²) in [6.07, 6.45) is 9.95. The molecule has 2 unspecified atom stereocenters. The van der Waals surface area contributed by atoms with Crippen molar-refractivity contribution in [3.63, 3.8) is 0 Å². The Balaban J connectivity index is 1.76. The van der Waals surface area contributed by atoms with Crippen molar-refractivity contribution in [1.82, 2.24) is 4.90 Å². The van der Waals surface area contributed by atoms with Crippen LogP contribution in [-0.4, -0.2) is 30.8 Å². The summed E-state index contributed by atoms with van der Waals surface area (Å²) >= 11 is 0. The van der Waals surface area contributed by atoms with Gasteiger partial charge in [0.05, 0.1) is 0 Å². The van der Waals surface area contributed by atoms with Crippen LogP contribution in [-0.2, 0) is 4.79 Å². The second-order valence-corrected chi connectivity index (χ2v) is 6.61. The molecular weight excluding hydrogens is 222 g/mol. The first-order valence-corrected chi connectivity index (χ1v) is 7.90. The molecule has 2 heteroatoms. The molecule has 2 aliphatic rings. The highest BCUT2D eigenvalue weighted by Crippen LogP contribution is 2.31. The van der Waals surface area contributed by atoms with Crippen molar-refractivity contribution in [3.8, 4) is 0 Å².